The number of hydrogen-bond acceptors (Lipinski definition) is 6. The van der Waals surface area contributed by atoms with E-state index in [2.05, 4.69) is 5.32 Å². The van der Waals surface area contributed by atoms with E-state index in [-0.39, 0.29) is 18.6 Å². The first kappa shape index (κ1) is 24.5. The maximum atomic E-state index is 13.2. The van der Waals surface area contributed by atoms with Crippen LogP contribution in [0, 0.1) is 0 Å². The minimum atomic E-state index is -1.01. The van der Waals surface area contributed by atoms with Crippen LogP contribution in [0.1, 0.15) is 39.2 Å². The van der Waals surface area contributed by atoms with Crippen molar-refractivity contribution in [2.75, 3.05) is 26.8 Å². The van der Waals surface area contributed by atoms with E-state index in [1.165, 1.54) is 0 Å². The summed E-state index contributed by atoms with van der Waals surface area (Å²) >= 11 is 0. The fourth-order valence-electron chi connectivity index (χ4n) is 3.30. The van der Waals surface area contributed by atoms with Crippen LogP contribution in [0.15, 0.2) is 24.3 Å². The number of hydrogen-bond donors (Lipinski definition) is 2. The SMILES string of the molecule is COc1ccc(C[C@H](NC(=O)OC(C)(C)C)C(=O)N2CCC(OCC(=O)O)CC2)cc1. The smallest absolute Gasteiger partial charge is 0.408 e. The number of nitrogens with zero attached hydrogens (tertiary/aromatic N) is 1. The highest BCUT2D eigenvalue weighted by Crippen LogP contribution is 2.18. The Hall–Kier alpha value is -2.81. The number of aliphatic carboxylic acids is 1. The molecule has 1 aliphatic rings. The fraction of sp³-hybridized carbons (Fsp3) is 0.591. The molecule has 0 spiro atoms. The van der Waals surface area contributed by atoms with E-state index in [9.17, 15) is 14.4 Å². The Kier molecular flexibility index (Phi) is 8.67. The molecular formula is C22H32N2O7. The number of benzene rings is 1. The lowest BCUT2D eigenvalue weighted by atomic mass is 10.0. The standard InChI is InChI=1S/C22H32N2O7/c1-22(2,3)31-21(28)23-18(13-15-5-7-16(29-4)8-6-15)20(27)24-11-9-17(10-12-24)30-14-19(25)26/h5-8,17-18H,9-14H2,1-4H3,(H,23,28)(H,25,26)/t18-/m0/s1. The van der Waals surface area contributed by atoms with Crippen molar-refractivity contribution in [1.82, 2.24) is 10.2 Å². The second-order valence-electron chi connectivity index (χ2n) is 8.48. The van der Waals surface area contributed by atoms with Gasteiger partial charge in [0, 0.05) is 19.5 Å². The van der Waals surface area contributed by atoms with Crippen LogP contribution in [0.3, 0.4) is 0 Å². The van der Waals surface area contributed by atoms with Gasteiger partial charge in [0.05, 0.1) is 13.2 Å². The van der Waals surface area contributed by atoms with Crippen LogP contribution in [0.25, 0.3) is 0 Å². The van der Waals surface area contributed by atoms with Gasteiger partial charge in [-0.15, -0.1) is 0 Å². The molecule has 9 heteroatoms. The van der Waals surface area contributed by atoms with Crippen molar-refractivity contribution < 1.29 is 33.7 Å². The number of likely N-dealkylation sites (tertiary alicyclic amines) is 1. The minimum Gasteiger partial charge on any atom is -0.497 e. The van der Waals surface area contributed by atoms with Crippen molar-refractivity contribution in [3.05, 3.63) is 29.8 Å². The third-order valence-electron chi connectivity index (χ3n) is 4.78. The Labute approximate surface area is 182 Å². The Bertz CT molecular complexity index is 750. The molecule has 2 N–H and O–H groups in total. The average Bonchev–Trinajstić information content (AvgIpc) is 2.70. The van der Waals surface area contributed by atoms with Gasteiger partial charge in [0.15, 0.2) is 0 Å². The highest BCUT2D eigenvalue weighted by Gasteiger charge is 2.31. The monoisotopic (exact) mass is 436 g/mol. The van der Waals surface area contributed by atoms with Gasteiger partial charge in [-0.1, -0.05) is 12.1 Å². The van der Waals surface area contributed by atoms with E-state index < -0.39 is 23.7 Å². The second kappa shape index (κ2) is 11.0. The van der Waals surface area contributed by atoms with Gasteiger partial charge in [-0.25, -0.2) is 9.59 Å². The van der Waals surface area contributed by atoms with Gasteiger partial charge in [0.1, 0.15) is 24.0 Å². The first-order chi connectivity index (χ1) is 14.6. The third-order valence-corrected chi connectivity index (χ3v) is 4.78. The molecule has 172 valence electrons. The molecule has 9 nitrogen and oxygen atoms in total. The van der Waals surface area contributed by atoms with Gasteiger partial charge >= 0.3 is 12.1 Å². The van der Waals surface area contributed by atoms with Crippen LogP contribution < -0.4 is 10.1 Å². The lowest BCUT2D eigenvalue weighted by Gasteiger charge is -2.34. The molecular weight excluding hydrogens is 404 g/mol. The number of carbonyl (C=O) groups excluding carboxylic acids is 2. The number of alkyl carbamates (subject to hydrolysis) is 1. The summed E-state index contributed by atoms with van der Waals surface area (Å²) in [6, 6.07) is 6.51. The predicted molar refractivity (Wildman–Crippen MR) is 113 cm³/mol. The Morgan fingerprint density at radius 3 is 2.29 bits per heavy atom. The quantitative estimate of drug-likeness (QED) is 0.642. The van der Waals surface area contributed by atoms with Crippen molar-refractivity contribution in [1.29, 1.82) is 0 Å². The van der Waals surface area contributed by atoms with E-state index in [0.29, 0.717) is 38.1 Å². The number of nitrogens with one attached hydrogen (secondary N) is 1. The Morgan fingerprint density at radius 1 is 1.16 bits per heavy atom. The number of ether oxygens (including phenoxy) is 3. The van der Waals surface area contributed by atoms with Gasteiger partial charge in [-0.3, -0.25) is 4.79 Å². The van der Waals surface area contributed by atoms with E-state index >= 15 is 0 Å². The van der Waals surface area contributed by atoms with Crippen LogP contribution in [0.5, 0.6) is 5.75 Å². The van der Waals surface area contributed by atoms with Crippen molar-refractivity contribution in [2.24, 2.45) is 0 Å². The zero-order valence-corrected chi connectivity index (χ0v) is 18.6. The molecule has 1 aromatic carbocycles. The molecule has 1 aliphatic heterocycles. The van der Waals surface area contributed by atoms with Gasteiger partial charge in [0.25, 0.3) is 0 Å². The van der Waals surface area contributed by atoms with Crippen LogP contribution in [-0.2, 0) is 25.5 Å². The summed E-state index contributed by atoms with van der Waals surface area (Å²) in [6.45, 7) is 5.79. The molecule has 2 rings (SSSR count). The van der Waals surface area contributed by atoms with E-state index in [1.807, 2.05) is 12.1 Å². The summed E-state index contributed by atoms with van der Waals surface area (Å²) in [7, 11) is 1.58. The van der Waals surface area contributed by atoms with Crippen molar-refractivity contribution >= 4 is 18.0 Å². The summed E-state index contributed by atoms with van der Waals surface area (Å²) in [5.41, 5.74) is 0.187. The topological polar surface area (TPSA) is 114 Å². The number of piperidine rings is 1. The summed E-state index contributed by atoms with van der Waals surface area (Å²) < 4.78 is 15.8. The molecule has 0 aromatic heterocycles. The highest BCUT2D eigenvalue weighted by molar-refractivity contribution is 5.86. The van der Waals surface area contributed by atoms with Crippen LogP contribution in [-0.4, -0.2) is 72.5 Å². The largest absolute Gasteiger partial charge is 0.497 e. The lowest BCUT2D eigenvalue weighted by Crippen LogP contribution is -2.53. The molecule has 0 radical (unpaired) electrons. The Morgan fingerprint density at radius 2 is 1.77 bits per heavy atom. The van der Waals surface area contributed by atoms with E-state index in [4.69, 9.17) is 19.3 Å². The zero-order chi connectivity index (χ0) is 23.0. The molecule has 0 unspecified atom stereocenters. The maximum absolute atomic E-state index is 13.2. The average molecular weight is 437 g/mol. The lowest BCUT2D eigenvalue weighted by molar-refractivity contribution is -0.147. The fourth-order valence-corrected chi connectivity index (χ4v) is 3.30. The van der Waals surface area contributed by atoms with Gasteiger partial charge in [0.2, 0.25) is 5.91 Å². The van der Waals surface area contributed by atoms with Crippen LogP contribution >= 0.6 is 0 Å². The molecule has 0 aliphatic carbocycles. The molecule has 0 saturated carbocycles. The highest BCUT2D eigenvalue weighted by atomic mass is 16.6. The van der Waals surface area contributed by atoms with E-state index in [0.717, 1.165) is 5.56 Å². The minimum absolute atomic E-state index is 0.195. The second-order valence-corrected chi connectivity index (χ2v) is 8.48. The van der Waals surface area contributed by atoms with Gasteiger partial charge in [-0.05, 0) is 51.3 Å². The number of carbonyl (C=O) groups is 3. The predicted octanol–water partition coefficient (Wildman–Crippen LogP) is 2.22. The molecule has 1 fully saturated rings. The molecule has 2 amide bonds. The number of carboxylic acid groups (broad SMARTS) is 1. The maximum Gasteiger partial charge on any atom is 0.408 e. The number of rotatable bonds is 8. The number of methoxy groups -OCH3 is 1. The van der Waals surface area contributed by atoms with Crippen molar-refractivity contribution in [3.63, 3.8) is 0 Å². The van der Waals surface area contributed by atoms with E-state index in [1.54, 1.807) is 44.9 Å². The number of carboxylic acids is 1. The molecule has 1 saturated heterocycles. The first-order valence-corrected chi connectivity index (χ1v) is 10.3. The summed E-state index contributed by atoms with van der Waals surface area (Å²) in [6.07, 6.45) is 0.539. The van der Waals surface area contributed by atoms with Gasteiger partial charge in [-0.2, -0.15) is 0 Å². The normalized spacial score (nSPS) is 15.8. The van der Waals surface area contributed by atoms with Crippen LogP contribution in [0.2, 0.25) is 0 Å². The Balaban J connectivity index is 2.04. The summed E-state index contributed by atoms with van der Waals surface area (Å²) in [4.78, 5) is 37.9. The van der Waals surface area contributed by atoms with Gasteiger partial charge < -0.3 is 29.5 Å². The first-order valence-electron chi connectivity index (χ1n) is 10.3. The summed E-state index contributed by atoms with van der Waals surface area (Å²) in [5, 5.41) is 11.5. The molecule has 1 heterocycles. The molecule has 1 atom stereocenters. The van der Waals surface area contributed by atoms with Crippen molar-refractivity contribution in [2.45, 2.75) is 57.8 Å². The molecule has 0 bridgehead atoms. The molecule has 31 heavy (non-hydrogen) atoms. The van der Waals surface area contributed by atoms with Crippen LogP contribution in [0.4, 0.5) is 4.79 Å². The zero-order valence-electron chi connectivity index (χ0n) is 18.6. The third kappa shape index (κ3) is 8.45. The van der Waals surface area contributed by atoms with Crippen molar-refractivity contribution in [3.8, 4) is 5.75 Å². The molecule has 1 aromatic rings. The summed E-state index contributed by atoms with van der Waals surface area (Å²) in [5.74, 6) is -0.520. The number of amides is 2.